The summed E-state index contributed by atoms with van der Waals surface area (Å²) in [6.45, 7) is 3.12. The topological polar surface area (TPSA) is 59.0 Å². The van der Waals surface area contributed by atoms with Crippen molar-refractivity contribution in [2.75, 3.05) is 13.2 Å². The van der Waals surface area contributed by atoms with Gasteiger partial charge < -0.3 is 10.5 Å². The van der Waals surface area contributed by atoms with Crippen molar-refractivity contribution in [1.29, 1.82) is 0 Å². The molecule has 3 heteroatoms. The van der Waals surface area contributed by atoms with Crippen molar-refractivity contribution >= 4 is 0 Å². The molecule has 0 rings (SSSR count). The van der Waals surface area contributed by atoms with E-state index in [1.807, 2.05) is 6.92 Å². The van der Waals surface area contributed by atoms with Gasteiger partial charge in [0.2, 0.25) is 0 Å². The summed E-state index contributed by atoms with van der Waals surface area (Å²) < 4.78 is 5.10. The highest BCUT2D eigenvalue weighted by molar-refractivity contribution is 4.48. The van der Waals surface area contributed by atoms with Crippen molar-refractivity contribution in [1.82, 2.24) is 5.73 Å². The van der Waals surface area contributed by atoms with Crippen molar-refractivity contribution in [3.63, 3.8) is 0 Å². The fourth-order valence-corrected chi connectivity index (χ4v) is 0.768. The molecule has 0 heterocycles. The zero-order valence-electron chi connectivity index (χ0n) is 6.60. The molecule has 0 spiro atoms. The molecule has 3 N–H and O–H groups in total. The Balaban J connectivity index is 2.97. The Hall–Kier alpha value is -0.120. The van der Waals surface area contributed by atoms with Crippen LogP contribution in [0, 0.1) is 0 Å². The van der Waals surface area contributed by atoms with Crippen LogP contribution in [0.4, 0.5) is 0 Å². The molecule has 0 aliphatic heterocycles. The number of hydrogen-bond donors (Lipinski definition) is 1. The van der Waals surface area contributed by atoms with Gasteiger partial charge in [-0.3, -0.25) is 5.73 Å². The van der Waals surface area contributed by atoms with E-state index in [9.17, 15) is 0 Å². The average molecular weight is 145 g/mol. The molecule has 3 nitrogen and oxygen atoms in total. The molecule has 10 heavy (non-hydrogen) atoms. The van der Waals surface area contributed by atoms with Gasteiger partial charge in [0.05, 0.1) is 0 Å². The Bertz CT molecular complexity index is 68.6. The van der Waals surface area contributed by atoms with Crippen LogP contribution in [0.3, 0.4) is 0 Å². The second-order valence-corrected chi connectivity index (χ2v) is 2.24. The van der Waals surface area contributed by atoms with Crippen LogP contribution in [-0.2, 0) is 4.74 Å². The van der Waals surface area contributed by atoms with Gasteiger partial charge in [-0.05, 0) is 26.2 Å². The molecule has 0 bridgehead atoms. The SMILES string of the molecule is CCOC(N)CCCC[NH]. The molecule has 0 aromatic carbocycles. The molecule has 0 saturated heterocycles. The lowest BCUT2D eigenvalue weighted by Gasteiger charge is -2.09. The molecular weight excluding hydrogens is 128 g/mol. The number of hydrogen-bond acceptors (Lipinski definition) is 2. The van der Waals surface area contributed by atoms with E-state index < -0.39 is 0 Å². The number of nitrogens with one attached hydrogen (secondary N) is 1. The third-order valence-corrected chi connectivity index (χ3v) is 1.30. The van der Waals surface area contributed by atoms with Crippen LogP contribution in [-0.4, -0.2) is 19.4 Å². The summed E-state index contributed by atoms with van der Waals surface area (Å²) in [7, 11) is 0. The van der Waals surface area contributed by atoms with Gasteiger partial charge in [0.25, 0.3) is 0 Å². The van der Waals surface area contributed by atoms with Crippen LogP contribution in [0.1, 0.15) is 26.2 Å². The lowest BCUT2D eigenvalue weighted by molar-refractivity contribution is 0.0599. The van der Waals surface area contributed by atoms with Crippen molar-refractivity contribution in [3.05, 3.63) is 0 Å². The predicted molar refractivity (Wildman–Crippen MR) is 41.4 cm³/mol. The molecule has 1 unspecified atom stereocenters. The summed E-state index contributed by atoms with van der Waals surface area (Å²) in [6, 6.07) is 0. The first-order chi connectivity index (χ1) is 4.81. The maximum absolute atomic E-state index is 6.87. The van der Waals surface area contributed by atoms with Crippen LogP contribution in [0.5, 0.6) is 0 Å². The molecule has 1 atom stereocenters. The number of rotatable bonds is 6. The van der Waals surface area contributed by atoms with Crippen LogP contribution < -0.4 is 11.5 Å². The fraction of sp³-hybridized carbons (Fsp3) is 1.00. The van der Waals surface area contributed by atoms with E-state index in [4.69, 9.17) is 16.2 Å². The summed E-state index contributed by atoms with van der Waals surface area (Å²) in [5, 5.41) is 0. The largest absolute Gasteiger partial charge is 0.364 e. The van der Waals surface area contributed by atoms with Crippen molar-refractivity contribution < 1.29 is 4.74 Å². The fourth-order valence-electron chi connectivity index (χ4n) is 0.768. The van der Waals surface area contributed by atoms with E-state index in [-0.39, 0.29) is 6.23 Å². The molecule has 0 aromatic heterocycles. The lowest BCUT2D eigenvalue weighted by Crippen LogP contribution is -2.23. The molecule has 61 valence electrons. The Morgan fingerprint density at radius 1 is 1.50 bits per heavy atom. The van der Waals surface area contributed by atoms with E-state index in [0.29, 0.717) is 13.2 Å². The summed E-state index contributed by atoms with van der Waals surface area (Å²) in [5.74, 6) is 0. The van der Waals surface area contributed by atoms with E-state index in [1.54, 1.807) is 0 Å². The first kappa shape index (κ1) is 9.88. The summed E-state index contributed by atoms with van der Waals surface area (Å²) >= 11 is 0. The van der Waals surface area contributed by atoms with Gasteiger partial charge in [-0.1, -0.05) is 0 Å². The Morgan fingerprint density at radius 3 is 2.70 bits per heavy atom. The maximum Gasteiger partial charge on any atom is 0.105 e. The third kappa shape index (κ3) is 6.01. The minimum Gasteiger partial charge on any atom is -0.364 e. The van der Waals surface area contributed by atoms with Gasteiger partial charge in [-0.2, -0.15) is 0 Å². The molecule has 0 fully saturated rings. The van der Waals surface area contributed by atoms with Crippen molar-refractivity contribution in [3.8, 4) is 0 Å². The van der Waals surface area contributed by atoms with E-state index in [0.717, 1.165) is 19.3 Å². The first-order valence-corrected chi connectivity index (χ1v) is 3.83. The highest BCUT2D eigenvalue weighted by atomic mass is 16.5. The van der Waals surface area contributed by atoms with E-state index in [2.05, 4.69) is 0 Å². The summed E-state index contributed by atoms with van der Waals surface area (Å²) in [4.78, 5) is 0. The molecule has 0 aliphatic carbocycles. The molecule has 0 aromatic rings. The monoisotopic (exact) mass is 145 g/mol. The minimum atomic E-state index is -0.114. The standard InChI is InChI=1S/C7H17N2O/c1-2-10-7(9)5-3-4-6-8/h7-8H,2-6,9H2,1H3. The van der Waals surface area contributed by atoms with Crippen molar-refractivity contribution in [2.24, 2.45) is 5.73 Å². The number of ether oxygens (including phenoxy) is 1. The van der Waals surface area contributed by atoms with Crippen molar-refractivity contribution in [2.45, 2.75) is 32.4 Å². The molecule has 0 aliphatic rings. The highest BCUT2D eigenvalue weighted by Gasteiger charge is 1.98. The average Bonchev–Trinajstić information content (AvgIpc) is 1.89. The zero-order chi connectivity index (χ0) is 7.82. The molecule has 0 amide bonds. The van der Waals surface area contributed by atoms with Gasteiger partial charge in [-0.15, -0.1) is 0 Å². The Kier molecular flexibility index (Phi) is 6.91. The summed E-state index contributed by atoms with van der Waals surface area (Å²) in [5.41, 5.74) is 12.4. The second kappa shape index (κ2) is 6.99. The lowest BCUT2D eigenvalue weighted by atomic mass is 10.2. The van der Waals surface area contributed by atoms with Crippen LogP contribution in [0.15, 0.2) is 0 Å². The second-order valence-electron chi connectivity index (χ2n) is 2.24. The smallest absolute Gasteiger partial charge is 0.105 e. The number of unbranched alkanes of at least 4 members (excludes halogenated alkanes) is 1. The van der Waals surface area contributed by atoms with Gasteiger partial charge in [0.15, 0.2) is 0 Å². The zero-order valence-corrected chi connectivity index (χ0v) is 6.60. The normalized spacial score (nSPS) is 13.5. The molecular formula is C7H17N2O. The highest BCUT2D eigenvalue weighted by Crippen LogP contribution is 1.98. The minimum absolute atomic E-state index is 0.114. The maximum atomic E-state index is 6.87. The van der Waals surface area contributed by atoms with E-state index in [1.165, 1.54) is 0 Å². The number of nitrogens with two attached hydrogens (primary N) is 1. The van der Waals surface area contributed by atoms with Gasteiger partial charge in [0.1, 0.15) is 6.23 Å². The van der Waals surface area contributed by atoms with Crippen LogP contribution >= 0.6 is 0 Å². The van der Waals surface area contributed by atoms with Crippen LogP contribution in [0.2, 0.25) is 0 Å². The van der Waals surface area contributed by atoms with Crippen LogP contribution in [0.25, 0.3) is 0 Å². The molecule has 0 saturated carbocycles. The predicted octanol–water partition coefficient (Wildman–Crippen LogP) is 0.761. The molecule has 1 radical (unpaired) electrons. The quantitative estimate of drug-likeness (QED) is 0.443. The van der Waals surface area contributed by atoms with Gasteiger partial charge in [0, 0.05) is 13.2 Å². The Morgan fingerprint density at radius 2 is 2.20 bits per heavy atom. The summed E-state index contributed by atoms with van der Waals surface area (Å²) in [6.07, 6.45) is 2.70. The van der Waals surface area contributed by atoms with Gasteiger partial charge >= 0.3 is 0 Å². The van der Waals surface area contributed by atoms with Gasteiger partial charge in [-0.25, -0.2) is 0 Å². The Labute approximate surface area is 62.7 Å². The third-order valence-electron chi connectivity index (χ3n) is 1.30. The first-order valence-electron chi connectivity index (χ1n) is 3.83. The van der Waals surface area contributed by atoms with E-state index >= 15 is 0 Å².